The van der Waals surface area contributed by atoms with Crippen molar-refractivity contribution in [2.45, 2.75) is 89.9 Å². The van der Waals surface area contributed by atoms with Gasteiger partial charge >= 0.3 is 5.97 Å². The Morgan fingerprint density at radius 3 is 2.37 bits per heavy atom. The lowest BCUT2D eigenvalue weighted by atomic mass is 9.63. The molecule has 0 aliphatic heterocycles. The summed E-state index contributed by atoms with van der Waals surface area (Å²) >= 11 is 0. The van der Waals surface area contributed by atoms with E-state index in [1.807, 2.05) is 0 Å². The van der Waals surface area contributed by atoms with Gasteiger partial charge in [-0.2, -0.15) is 0 Å². The summed E-state index contributed by atoms with van der Waals surface area (Å²) in [4.78, 5) is 12.4. The molecule has 0 saturated heterocycles. The first kappa shape index (κ1) is 25.8. The average Bonchev–Trinajstić information content (AvgIpc) is 2.85. The summed E-state index contributed by atoms with van der Waals surface area (Å²) in [6, 6.07) is 7.34. The molecule has 2 saturated carbocycles. The summed E-state index contributed by atoms with van der Waals surface area (Å²) in [5.74, 6) is -0.944. The van der Waals surface area contributed by atoms with Crippen molar-refractivity contribution in [3.63, 3.8) is 0 Å². The summed E-state index contributed by atoms with van der Waals surface area (Å²) in [6.45, 7) is 2.26. The number of unbranched alkanes of at least 4 members (excludes halogenated alkanes) is 4. The van der Waals surface area contributed by atoms with Crippen LogP contribution in [0.5, 0.6) is 5.75 Å². The van der Waals surface area contributed by atoms with Gasteiger partial charge in [0.2, 0.25) is 0 Å². The van der Waals surface area contributed by atoms with E-state index in [0.717, 1.165) is 43.2 Å². The molecule has 4 atom stereocenters. The molecule has 5 heteroatoms. The van der Waals surface area contributed by atoms with Gasteiger partial charge in [-0.05, 0) is 85.6 Å². The van der Waals surface area contributed by atoms with Crippen LogP contribution in [0.4, 0.5) is 13.2 Å². The van der Waals surface area contributed by atoms with Crippen molar-refractivity contribution >= 4 is 5.97 Å². The first-order valence-electron chi connectivity index (χ1n) is 13.4. The van der Waals surface area contributed by atoms with Crippen molar-refractivity contribution in [3.8, 4) is 5.75 Å². The maximum absolute atomic E-state index is 15.0. The van der Waals surface area contributed by atoms with Gasteiger partial charge < -0.3 is 4.74 Å². The minimum atomic E-state index is -1.10. The Hall–Kier alpha value is -2.30. The molecular formula is C30H37F3O2. The second-order valence-corrected chi connectivity index (χ2v) is 10.6. The number of halogens is 3. The highest BCUT2D eigenvalue weighted by Gasteiger charge is 2.36. The lowest BCUT2D eigenvalue weighted by Crippen LogP contribution is -2.30. The van der Waals surface area contributed by atoms with Crippen LogP contribution >= 0.6 is 0 Å². The molecule has 2 fully saturated rings. The van der Waals surface area contributed by atoms with E-state index in [4.69, 9.17) is 4.74 Å². The molecule has 0 N–H and O–H groups in total. The zero-order valence-electron chi connectivity index (χ0n) is 20.7. The summed E-state index contributed by atoms with van der Waals surface area (Å²) in [5, 5.41) is 0. The number of ether oxygens (including phenoxy) is 1. The molecule has 4 unspecified atom stereocenters. The van der Waals surface area contributed by atoms with E-state index < -0.39 is 23.4 Å². The van der Waals surface area contributed by atoms with Crippen molar-refractivity contribution < 1.29 is 22.7 Å². The maximum atomic E-state index is 15.0. The third-order valence-corrected chi connectivity index (χ3v) is 8.22. The molecule has 0 spiro atoms. The molecular weight excluding hydrogens is 449 g/mol. The Bertz CT molecular complexity index is 1010. The minimum absolute atomic E-state index is 0.0594. The van der Waals surface area contributed by atoms with Crippen LogP contribution in [0.1, 0.15) is 106 Å². The first-order chi connectivity index (χ1) is 16.9. The molecule has 2 aromatic carbocycles. The van der Waals surface area contributed by atoms with Gasteiger partial charge in [0.15, 0.2) is 11.6 Å². The summed E-state index contributed by atoms with van der Waals surface area (Å²) in [7, 11) is 0. The van der Waals surface area contributed by atoms with Crippen LogP contribution in [-0.2, 0) is 0 Å². The van der Waals surface area contributed by atoms with Crippen molar-refractivity contribution in [2.24, 2.45) is 17.8 Å². The Morgan fingerprint density at radius 2 is 1.60 bits per heavy atom. The fourth-order valence-corrected chi connectivity index (χ4v) is 6.26. The summed E-state index contributed by atoms with van der Waals surface area (Å²) < 4.78 is 46.6. The van der Waals surface area contributed by atoms with Gasteiger partial charge in [0, 0.05) is 6.07 Å². The van der Waals surface area contributed by atoms with E-state index in [1.165, 1.54) is 69.9 Å². The molecule has 190 valence electrons. The third-order valence-electron chi connectivity index (χ3n) is 8.22. The Morgan fingerprint density at radius 1 is 0.829 bits per heavy atom. The van der Waals surface area contributed by atoms with Crippen LogP contribution in [0.2, 0.25) is 0 Å². The first-order valence-corrected chi connectivity index (χ1v) is 13.4. The SMILES string of the molecule is CCCCCCCC1CCC2CC(c3ccc(C(=O)Oc4ccc(F)c(F)c4)cc3F)CCC2C1. The maximum Gasteiger partial charge on any atom is 0.343 e. The number of carbonyl (C=O) groups excluding carboxylic acids is 1. The molecule has 2 aromatic rings. The molecule has 2 aliphatic carbocycles. The Labute approximate surface area is 207 Å². The number of esters is 1. The van der Waals surface area contributed by atoms with E-state index in [2.05, 4.69) is 6.92 Å². The fourth-order valence-electron chi connectivity index (χ4n) is 6.26. The quantitative estimate of drug-likeness (QED) is 0.201. The van der Waals surface area contributed by atoms with Crippen LogP contribution in [-0.4, -0.2) is 5.97 Å². The van der Waals surface area contributed by atoms with Gasteiger partial charge in [0.25, 0.3) is 0 Å². The number of hydrogen-bond acceptors (Lipinski definition) is 2. The molecule has 0 radical (unpaired) electrons. The normalized spacial score (nSPS) is 24.1. The van der Waals surface area contributed by atoms with E-state index in [0.29, 0.717) is 11.5 Å². The number of rotatable bonds is 9. The van der Waals surface area contributed by atoms with Crippen LogP contribution in [0.3, 0.4) is 0 Å². The minimum Gasteiger partial charge on any atom is -0.423 e. The van der Waals surface area contributed by atoms with Crippen molar-refractivity contribution in [1.29, 1.82) is 0 Å². The molecule has 2 nitrogen and oxygen atoms in total. The second kappa shape index (κ2) is 12.1. The van der Waals surface area contributed by atoms with Crippen molar-refractivity contribution in [3.05, 3.63) is 65.0 Å². The predicted molar refractivity (Wildman–Crippen MR) is 132 cm³/mol. The molecule has 0 bridgehead atoms. The molecule has 4 rings (SSSR count). The molecule has 0 amide bonds. The molecule has 35 heavy (non-hydrogen) atoms. The number of carbonyl (C=O) groups is 1. The highest BCUT2D eigenvalue weighted by Crippen LogP contribution is 2.48. The van der Waals surface area contributed by atoms with Crippen molar-refractivity contribution in [2.75, 3.05) is 0 Å². The molecule has 0 aromatic heterocycles. The zero-order chi connectivity index (χ0) is 24.8. The van der Waals surface area contributed by atoms with Crippen LogP contribution in [0.15, 0.2) is 36.4 Å². The van der Waals surface area contributed by atoms with Gasteiger partial charge in [-0.1, -0.05) is 57.9 Å². The fraction of sp³-hybridized carbons (Fsp3) is 0.567. The summed E-state index contributed by atoms with van der Waals surface area (Å²) in [6.07, 6.45) is 15.2. The van der Waals surface area contributed by atoms with Crippen LogP contribution < -0.4 is 4.74 Å². The topological polar surface area (TPSA) is 26.3 Å². The van der Waals surface area contributed by atoms with Gasteiger partial charge in [0.05, 0.1) is 5.56 Å². The third kappa shape index (κ3) is 6.68. The van der Waals surface area contributed by atoms with Crippen LogP contribution in [0.25, 0.3) is 0 Å². The average molecular weight is 487 g/mol. The number of fused-ring (bicyclic) bond motifs is 1. The molecule has 2 aliphatic rings. The van der Waals surface area contributed by atoms with E-state index in [9.17, 15) is 13.6 Å². The predicted octanol–water partition coefficient (Wildman–Crippen LogP) is 8.98. The van der Waals surface area contributed by atoms with Gasteiger partial charge in [-0.3, -0.25) is 0 Å². The summed E-state index contributed by atoms with van der Waals surface area (Å²) in [5.41, 5.74) is 0.731. The highest BCUT2D eigenvalue weighted by molar-refractivity contribution is 5.91. The lowest BCUT2D eigenvalue weighted by Gasteiger charge is -2.42. The second-order valence-electron chi connectivity index (χ2n) is 10.6. The largest absolute Gasteiger partial charge is 0.423 e. The molecule has 0 heterocycles. The van der Waals surface area contributed by atoms with Crippen LogP contribution in [0, 0.1) is 35.2 Å². The number of hydrogen-bond donors (Lipinski definition) is 0. The lowest BCUT2D eigenvalue weighted by molar-refractivity contribution is 0.0733. The van der Waals surface area contributed by atoms with E-state index in [-0.39, 0.29) is 17.2 Å². The van der Waals surface area contributed by atoms with E-state index in [1.54, 1.807) is 12.1 Å². The monoisotopic (exact) mass is 486 g/mol. The smallest absolute Gasteiger partial charge is 0.343 e. The standard InChI is InChI=1S/C30H37F3O2/c1-2-3-4-5-6-7-20-8-9-22-17-23(11-10-21(22)16-20)26-14-12-24(18-28(26)32)30(34)35-25-13-15-27(31)29(33)19-25/h12-15,18-23H,2-11,16-17H2,1H3. The Balaban J connectivity index is 1.30. The van der Waals surface area contributed by atoms with Gasteiger partial charge in [-0.25, -0.2) is 18.0 Å². The number of benzene rings is 2. The van der Waals surface area contributed by atoms with Gasteiger partial charge in [0.1, 0.15) is 11.6 Å². The van der Waals surface area contributed by atoms with E-state index >= 15 is 4.39 Å². The van der Waals surface area contributed by atoms with Gasteiger partial charge in [-0.15, -0.1) is 0 Å². The van der Waals surface area contributed by atoms with Crippen molar-refractivity contribution in [1.82, 2.24) is 0 Å². The highest BCUT2D eigenvalue weighted by atomic mass is 19.2. The zero-order valence-corrected chi connectivity index (χ0v) is 20.7. The Kier molecular flexibility index (Phi) is 8.91.